The molecule has 0 saturated carbocycles. The number of unbranched alkanes of at least 4 members (excludes halogenated alkanes) is 3. The van der Waals surface area contributed by atoms with Crippen molar-refractivity contribution < 1.29 is 4.79 Å². The Kier molecular flexibility index (Phi) is 7.12. The monoisotopic (exact) mass is 280 g/mol. The Bertz CT molecular complexity index is 412. The van der Waals surface area contributed by atoms with Crippen molar-refractivity contribution in [1.82, 2.24) is 15.5 Å². The molecule has 0 aliphatic carbocycles. The van der Waals surface area contributed by atoms with Gasteiger partial charge in [0.25, 0.3) is 5.91 Å². The minimum Gasteiger partial charge on any atom is -0.395 e. The number of nitrogens with one attached hydrogen (secondary N) is 2. The molecule has 0 saturated heterocycles. The number of aromatic amines is 1. The van der Waals surface area contributed by atoms with Gasteiger partial charge in [0, 0.05) is 6.54 Å². The number of carbonyl (C=O) groups excluding carboxylic acids is 1. The number of amides is 1. The van der Waals surface area contributed by atoms with Gasteiger partial charge >= 0.3 is 0 Å². The van der Waals surface area contributed by atoms with Gasteiger partial charge in [0.1, 0.15) is 0 Å². The summed E-state index contributed by atoms with van der Waals surface area (Å²) in [6, 6.07) is 0. The summed E-state index contributed by atoms with van der Waals surface area (Å²) >= 11 is 0. The Hall–Kier alpha value is -1.52. The summed E-state index contributed by atoms with van der Waals surface area (Å²) in [5, 5.41) is 9.65. The van der Waals surface area contributed by atoms with Crippen LogP contribution in [0.25, 0.3) is 0 Å². The van der Waals surface area contributed by atoms with Gasteiger partial charge < -0.3 is 11.1 Å². The molecule has 1 aromatic rings. The standard InChI is InChI=1S/C15H28N4O/c1-4-12-13(16)14(19-18-12)15(20)17-10-8-6-5-7-9-11(2)3/h11H,4-10,16H2,1-3H3,(H,17,20)(H,18,19). The molecule has 5 nitrogen and oxygen atoms in total. The van der Waals surface area contributed by atoms with E-state index in [9.17, 15) is 4.79 Å². The van der Waals surface area contributed by atoms with Crippen molar-refractivity contribution in [1.29, 1.82) is 0 Å². The lowest BCUT2D eigenvalue weighted by molar-refractivity contribution is 0.0949. The largest absolute Gasteiger partial charge is 0.395 e. The van der Waals surface area contributed by atoms with E-state index in [0.717, 1.165) is 30.9 Å². The van der Waals surface area contributed by atoms with Crippen LogP contribution in [0.3, 0.4) is 0 Å². The SMILES string of the molecule is CCc1[nH]nc(C(=O)NCCCCCCC(C)C)c1N. The highest BCUT2D eigenvalue weighted by molar-refractivity contribution is 5.97. The number of nitrogens with zero attached hydrogens (tertiary/aromatic N) is 1. The van der Waals surface area contributed by atoms with Crippen LogP contribution in [0.2, 0.25) is 0 Å². The van der Waals surface area contributed by atoms with E-state index in [1.54, 1.807) is 0 Å². The van der Waals surface area contributed by atoms with Crippen molar-refractivity contribution in [3.05, 3.63) is 11.4 Å². The molecular weight excluding hydrogens is 252 g/mol. The van der Waals surface area contributed by atoms with Crippen molar-refractivity contribution >= 4 is 11.6 Å². The van der Waals surface area contributed by atoms with E-state index >= 15 is 0 Å². The van der Waals surface area contributed by atoms with Crippen LogP contribution in [0.4, 0.5) is 5.69 Å². The highest BCUT2D eigenvalue weighted by Gasteiger charge is 2.15. The normalized spacial score (nSPS) is 11.0. The van der Waals surface area contributed by atoms with Crippen molar-refractivity contribution in [3.8, 4) is 0 Å². The number of H-pyrrole nitrogens is 1. The predicted molar refractivity (Wildman–Crippen MR) is 82.6 cm³/mol. The third kappa shape index (κ3) is 5.23. The molecule has 114 valence electrons. The summed E-state index contributed by atoms with van der Waals surface area (Å²) < 4.78 is 0. The molecule has 1 heterocycles. The number of nitrogen functional groups attached to an aromatic ring is 1. The first kappa shape index (κ1) is 16.5. The molecule has 0 aromatic carbocycles. The van der Waals surface area contributed by atoms with E-state index < -0.39 is 0 Å². The number of carbonyl (C=O) groups is 1. The van der Waals surface area contributed by atoms with Gasteiger partial charge in [-0.3, -0.25) is 9.89 Å². The van der Waals surface area contributed by atoms with Gasteiger partial charge in [-0.25, -0.2) is 0 Å². The lowest BCUT2D eigenvalue weighted by atomic mass is 10.0. The second-order valence-electron chi connectivity index (χ2n) is 5.67. The molecule has 1 aromatic heterocycles. The van der Waals surface area contributed by atoms with Crippen molar-refractivity contribution in [2.75, 3.05) is 12.3 Å². The van der Waals surface area contributed by atoms with E-state index in [4.69, 9.17) is 5.73 Å². The molecule has 20 heavy (non-hydrogen) atoms. The first-order valence-corrected chi connectivity index (χ1v) is 7.67. The lowest BCUT2D eigenvalue weighted by Gasteiger charge is -2.05. The summed E-state index contributed by atoms with van der Waals surface area (Å²) in [5.41, 5.74) is 7.48. The number of aromatic nitrogens is 2. The topological polar surface area (TPSA) is 83.8 Å². The van der Waals surface area contributed by atoms with Gasteiger partial charge in [0.15, 0.2) is 5.69 Å². The summed E-state index contributed by atoms with van der Waals surface area (Å²) in [5.74, 6) is 0.603. The molecule has 0 radical (unpaired) electrons. The Morgan fingerprint density at radius 2 is 2.00 bits per heavy atom. The van der Waals surface area contributed by atoms with Crippen molar-refractivity contribution in [3.63, 3.8) is 0 Å². The number of hydrogen-bond acceptors (Lipinski definition) is 3. The smallest absolute Gasteiger partial charge is 0.273 e. The minimum absolute atomic E-state index is 0.180. The maximum Gasteiger partial charge on any atom is 0.273 e. The summed E-state index contributed by atoms with van der Waals surface area (Å²) in [7, 11) is 0. The van der Waals surface area contributed by atoms with Crippen LogP contribution >= 0.6 is 0 Å². The maximum atomic E-state index is 11.9. The molecule has 0 aliphatic rings. The van der Waals surface area contributed by atoms with E-state index in [0.29, 0.717) is 17.9 Å². The Morgan fingerprint density at radius 1 is 1.30 bits per heavy atom. The second-order valence-corrected chi connectivity index (χ2v) is 5.67. The predicted octanol–water partition coefficient (Wildman–Crippen LogP) is 2.89. The van der Waals surface area contributed by atoms with Gasteiger partial charge in [0.05, 0.1) is 11.4 Å². The van der Waals surface area contributed by atoms with Crippen LogP contribution in [-0.2, 0) is 6.42 Å². The van der Waals surface area contributed by atoms with Gasteiger partial charge in [-0.1, -0.05) is 46.5 Å². The minimum atomic E-state index is -0.180. The zero-order chi connectivity index (χ0) is 15.0. The molecule has 5 heteroatoms. The van der Waals surface area contributed by atoms with Gasteiger partial charge in [-0.05, 0) is 18.8 Å². The molecule has 0 bridgehead atoms. The summed E-state index contributed by atoms with van der Waals surface area (Å²) in [4.78, 5) is 11.9. The van der Waals surface area contributed by atoms with Crippen LogP contribution < -0.4 is 11.1 Å². The van der Waals surface area contributed by atoms with Crippen LogP contribution in [0.1, 0.15) is 69.1 Å². The van der Waals surface area contributed by atoms with Crippen molar-refractivity contribution in [2.24, 2.45) is 5.92 Å². The first-order chi connectivity index (χ1) is 9.56. The highest BCUT2D eigenvalue weighted by Crippen LogP contribution is 2.14. The number of nitrogens with two attached hydrogens (primary N) is 1. The van der Waals surface area contributed by atoms with Gasteiger partial charge in [0.2, 0.25) is 0 Å². The molecule has 1 rings (SSSR count). The van der Waals surface area contributed by atoms with Crippen LogP contribution in [0.15, 0.2) is 0 Å². The average molecular weight is 280 g/mol. The van der Waals surface area contributed by atoms with E-state index in [2.05, 4.69) is 29.4 Å². The summed E-state index contributed by atoms with van der Waals surface area (Å²) in [6.07, 6.45) is 6.71. The second kappa shape index (κ2) is 8.61. The Morgan fingerprint density at radius 3 is 2.60 bits per heavy atom. The van der Waals surface area contributed by atoms with E-state index in [1.807, 2.05) is 6.92 Å². The first-order valence-electron chi connectivity index (χ1n) is 7.67. The van der Waals surface area contributed by atoms with Gasteiger partial charge in [-0.15, -0.1) is 0 Å². The molecule has 0 unspecified atom stereocenters. The fraction of sp³-hybridized carbons (Fsp3) is 0.733. The van der Waals surface area contributed by atoms with Crippen LogP contribution in [-0.4, -0.2) is 22.6 Å². The Labute approximate surface area is 121 Å². The summed E-state index contributed by atoms with van der Waals surface area (Å²) in [6.45, 7) is 7.16. The third-order valence-corrected chi connectivity index (χ3v) is 3.45. The number of anilines is 1. The fourth-order valence-corrected chi connectivity index (χ4v) is 2.15. The van der Waals surface area contributed by atoms with Crippen LogP contribution in [0, 0.1) is 5.92 Å². The van der Waals surface area contributed by atoms with Crippen LogP contribution in [0.5, 0.6) is 0 Å². The molecule has 0 fully saturated rings. The molecule has 4 N–H and O–H groups in total. The van der Waals surface area contributed by atoms with Crippen molar-refractivity contribution in [2.45, 2.75) is 59.3 Å². The molecule has 0 aliphatic heterocycles. The number of aryl methyl sites for hydroxylation is 1. The quantitative estimate of drug-likeness (QED) is 0.608. The fourth-order valence-electron chi connectivity index (χ4n) is 2.15. The number of hydrogen-bond donors (Lipinski definition) is 3. The van der Waals surface area contributed by atoms with Gasteiger partial charge in [-0.2, -0.15) is 5.10 Å². The molecule has 0 atom stereocenters. The van der Waals surface area contributed by atoms with E-state index in [-0.39, 0.29) is 5.91 Å². The highest BCUT2D eigenvalue weighted by atomic mass is 16.1. The molecular formula is C15H28N4O. The number of rotatable bonds is 9. The third-order valence-electron chi connectivity index (χ3n) is 3.45. The lowest BCUT2D eigenvalue weighted by Crippen LogP contribution is -2.25. The average Bonchev–Trinajstić information content (AvgIpc) is 2.78. The zero-order valence-corrected chi connectivity index (χ0v) is 13.0. The molecule has 0 spiro atoms. The molecule has 1 amide bonds. The zero-order valence-electron chi connectivity index (χ0n) is 13.0. The van der Waals surface area contributed by atoms with E-state index in [1.165, 1.54) is 19.3 Å². The maximum absolute atomic E-state index is 11.9. The Balaban J connectivity index is 2.18.